The van der Waals surface area contributed by atoms with Gasteiger partial charge in [0.05, 0.1) is 6.61 Å². The van der Waals surface area contributed by atoms with E-state index in [0.717, 1.165) is 25.9 Å². The van der Waals surface area contributed by atoms with Gasteiger partial charge in [0, 0.05) is 12.6 Å². The lowest BCUT2D eigenvalue weighted by Gasteiger charge is -2.32. The Morgan fingerprint density at radius 2 is 2.26 bits per heavy atom. The fourth-order valence-corrected chi connectivity index (χ4v) is 2.93. The van der Waals surface area contributed by atoms with Crippen molar-refractivity contribution in [1.29, 1.82) is 0 Å². The average Bonchev–Trinajstić information content (AvgIpc) is 2.42. The van der Waals surface area contributed by atoms with E-state index in [1.165, 1.54) is 0 Å². The molecule has 1 saturated heterocycles. The van der Waals surface area contributed by atoms with Gasteiger partial charge in [0.25, 0.3) is 0 Å². The minimum Gasteiger partial charge on any atom is -0.476 e. The number of amides is 1. The maximum atomic E-state index is 12.1. The number of nitrogens with one attached hydrogen (secondary N) is 2. The summed E-state index contributed by atoms with van der Waals surface area (Å²) in [6.45, 7) is 2.65. The number of rotatable bonds is 0. The van der Waals surface area contributed by atoms with Gasteiger partial charge in [0.1, 0.15) is 5.69 Å². The summed E-state index contributed by atoms with van der Waals surface area (Å²) in [5.41, 5.74) is 0.680. The largest absolute Gasteiger partial charge is 0.476 e. The van der Waals surface area contributed by atoms with E-state index >= 15 is 0 Å². The number of carbonyl (C=O) groups excluding carboxylic acids is 1. The maximum absolute atomic E-state index is 12.1. The molecule has 2 aliphatic rings. The van der Waals surface area contributed by atoms with Crippen LogP contribution in [0.3, 0.4) is 0 Å². The molecule has 0 aromatic carbocycles. The van der Waals surface area contributed by atoms with E-state index in [9.17, 15) is 4.79 Å². The smallest absolute Gasteiger partial charge is 0.237 e. The van der Waals surface area contributed by atoms with Crippen LogP contribution < -0.4 is 15.4 Å². The second kappa shape index (κ2) is 5.57. The lowest BCUT2D eigenvalue weighted by atomic mass is 9.82. The van der Waals surface area contributed by atoms with Crippen molar-refractivity contribution in [3.63, 3.8) is 0 Å². The fraction of sp³-hybridized carbons (Fsp3) is 0.571. The minimum atomic E-state index is 0.0663. The summed E-state index contributed by atoms with van der Waals surface area (Å²) in [6.07, 6.45) is 4.32. The van der Waals surface area contributed by atoms with Gasteiger partial charge in [-0.2, -0.15) is 0 Å². The van der Waals surface area contributed by atoms with Crippen molar-refractivity contribution in [2.75, 3.05) is 25.0 Å². The number of pyridine rings is 1. The lowest BCUT2D eigenvalue weighted by molar-refractivity contribution is -0.117. The van der Waals surface area contributed by atoms with Gasteiger partial charge in [-0.15, -0.1) is 0 Å². The third kappa shape index (κ3) is 2.87. The Hall–Kier alpha value is -1.62. The molecule has 5 nitrogen and oxygen atoms in total. The predicted octanol–water partition coefficient (Wildman–Crippen LogP) is 1.42. The first-order valence-corrected chi connectivity index (χ1v) is 6.91. The Morgan fingerprint density at radius 1 is 1.32 bits per heavy atom. The van der Waals surface area contributed by atoms with E-state index in [4.69, 9.17) is 4.74 Å². The van der Waals surface area contributed by atoms with Crippen molar-refractivity contribution in [2.45, 2.75) is 19.3 Å². The highest BCUT2D eigenvalue weighted by Crippen LogP contribution is 2.29. The van der Waals surface area contributed by atoms with Crippen LogP contribution in [0.15, 0.2) is 18.3 Å². The van der Waals surface area contributed by atoms with E-state index in [1.54, 1.807) is 6.20 Å². The van der Waals surface area contributed by atoms with Crippen LogP contribution in [-0.2, 0) is 4.79 Å². The molecule has 2 aliphatic heterocycles. The van der Waals surface area contributed by atoms with Crippen LogP contribution in [0.5, 0.6) is 5.88 Å². The van der Waals surface area contributed by atoms with Gasteiger partial charge in [0.15, 0.2) is 0 Å². The van der Waals surface area contributed by atoms with Gasteiger partial charge in [-0.3, -0.25) is 4.79 Å². The standard InChI is InChI=1S/C14H19N3O2/c18-13-8-10-3-6-15-9-11(10)4-7-19-14-12(17-13)2-1-5-16-14/h1-2,5,10-11,15H,3-4,6-9H2,(H,17,18)/t10-,11-/m0/s1. The van der Waals surface area contributed by atoms with E-state index in [2.05, 4.69) is 15.6 Å². The molecule has 0 radical (unpaired) electrons. The van der Waals surface area contributed by atoms with Gasteiger partial charge in [-0.1, -0.05) is 0 Å². The van der Waals surface area contributed by atoms with E-state index < -0.39 is 0 Å². The van der Waals surface area contributed by atoms with Crippen molar-refractivity contribution in [3.05, 3.63) is 18.3 Å². The van der Waals surface area contributed by atoms with Crippen molar-refractivity contribution >= 4 is 11.6 Å². The fourth-order valence-electron chi connectivity index (χ4n) is 2.93. The number of aromatic nitrogens is 1. The van der Waals surface area contributed by atoms with Gasteiger partial charge in [0.2, 0.25) is 11.8 Å². The van der Waals surface area contributed by atoms with E-state index in [0.29, 0.717) is 36.4 Å². The number of hydrogen-bond donors (Lipinski definition) is 2. The van der Waals surface area contributed by atoms with Gasteiger partial charge >= 0.3 is 0 Å². The molecule has 0 unspecified atom stereocenters. The monoisotopic (exact) mass is 261 g/mol. The zero-order valence-corrected chi connectivity index (χ0v) is 10.9. The van der Waals surface area contributed by atoms with E-state index in [1.807, 2.05) is 12.1 Å². The molecule has 1 aromatic rings. The van der Waals surface area contributed by atoms with Crippen LogP contribution >= 0.6 is 0 Å². The summed E-state index contributed by atoms with van der Waals surface area (Å²) in [5, 5.41) is 6.32. The Bertz CT molecular complexity index is 464. The molecular weight excluding hydrogens is 242 g/mol. The summed E-state index contributed by atoms with van der Waals surface area (Å²) < 4.78 is 5.71. The Balaban J connectivity index is 1.80. The molecule has 1 amide bonds. The molecule has 2 N–H and O–H groups in total. The lowest BCUT2D eigenvalue weighted by Crippen LogP contribution is -2.39. The maximum Gasteiger partial charge on any atom is 0.237 e. The normalized spacial score (nSPS) is 27.5. The molecule has 0 bridgehead atoms. The van der Waals surface area contributed by atoms with Crippen molar-refractivity contribution in [1.82, 2.24) is 10.3 Å². The summed E-state index contributed by atoms with van der Waals surface area (Å²) in [5.74, 6) is 1.57. The average molecular weight is 261 g/mol. The van der Waals surface area contributed by atoms with E-state index in [-0.39, 0.29) is 5.91 Å². The molecule has 5 heteroatoms. The first-order chi connectivity index (χ1) is 9.33. The Labute approximate surface area is 112 Å². The van der Waals surface area contributed by atoms with Gasteiger partial charge in [-0.05, 0) is 49.9 Å². The first-order valence-electron chi connectivity index (χ1n) is 6.91. The molecule has 1 aromatic heterocycles. The van der Waals surface area contributed by atoms with Crippen LogP contribution in [0, 0.1) is 11.8 Å². The molecule has 0 saturated carbocycles. The van der Waals surface area contributed by atoms with Gasteiger partial charge < -0.3 is 15.4 Å². The molecule has 0 spiro atoms. The molecule has 3 rings (SSSR count). The van der Waals surface area contributed by atoms with Crippen molar-refractivity contribution < 1.29 is 9.53 Å². The van der Waals surface area contributed by atoms with Gasteiger partial charge in [-0.25, -0.2) is 4.98 Å². The summed E-state index contributed by atoms with van der Waals surface area (Å²) in [4.78, 5) is 16.3. The van der Waals surface area contributed by atoms with Crippen LogP contribution in [0.1, 0.15) is 19.3 Å². The summed E-state index contributed by atoms with van der Waals surface area (Å²) in [7, 11) is 0. The van der Waals surface area contributed by atoms with Crippen LogP contribution in [0.25, 0.3) is 0 Å². The number of hydrogen-bond acceptors (Lipinski definition) is 4. The molecular formula is C14H19N3O2. The molecule has 1 fully saturated rings. The van der Waals surface area contributed by atoms with Crippen molar-refractivity contribution in [2.24, 2.45) is 11.8 Å². The second-order valence-electron chi connectivity index (χ2n) is 5.26. The summed E-state index contributed by atoms with van der Waals surface area (Å²) in [6, 6.07) is 3.64. The molecule has 3 heterocycles. The highest BCUT2D eigenvalue weighted by Gasteiger charge is 2.28. The number of nitrogens with zero attached hydrogens (tertiary/aromatic N) is 1. The SMILES string of the molecule is O=C1C[C@@H]2CCNC[C@@H]2CCOc2ncccc2N1. The van der Waals surface area contributed by atoms with Crippen LogP contribution in [0.2, 0.25) is 0 Å². The Morgan fingerprint density at radius 3 is 3.21 bits per heavy atom. The van der Waals surface area contributed by atoms with Crippen LogP contribution in [0.4, 0.5) is 5.69 Å². The Kier molecular flexibility index (Phi) is 3.64. The second-order valence-corrected chi connectivity index (χ2v) is 5.26. The number of fused-ring (bicyclic) bond motifs is 2. The minimum absolute atomic E-state index is 0.0663. The highest BCUT2D eigenvalue weighted by molar-refractivity contribution is 5.92. The molecule has 2 atom stereocenters. The third-order valence-electron chi connectivity index (χ3n) is 3.99. The topological polar surface area (TPSA) is 63.2 Å². The summed E-state index contributed by atoms with van der Waals surface area (Å²) >= 11 is 0. The molecule has 19 heavy (non-hydrogen) atoms. The quantitative estimate of drug-likeness (QED) is 0.741. The third-order valence-corrected chi connectivity index (χ3v) is 3.99. The first kappa shape index (κ1) is 12.4. The number of ether oxygens (including phenoxy) is 1. The van der Waals surface area contributed by atoms with Crippen molar-refractivity contribution in [3.8, 4) is 5.88 Å². The molecule has 102 valence electrons. The predicted molar refractivity (Wildman–Crippen MR) is 72.1 cm³/mol. The van der Waals surface area contributed by atoms with Crippen LogP contribution in [-0.4, -0.2) is 30.6 Å². The number of piperidine rings is 1. The molecule has 0 aliphatic carbocycles. The number of anilines is 1. The zero-order chi connectivity index (χ0) is 13.1. The highest BCUT2D eigenvalue weighted by atomic mass is 16.5. The zero-order valence-electron chi connectivity index (χ0n) is 10.9. The number of carbonyl (C=O) groups is 1.